The Labute approximate surface area is 251 Å². The summed E-state index contributed by atoms with van der Waals surface area (Å²) in [6, 6.07) is 6.83. The van der Waals surface area contributed by atoms with E-state index in [1.54, 1.807) is 36.1 Å². The number of nitrogens with zero attached hydrogens (tertiary/aromatic N) is 5. The summed E-state index contributed by atoms with van der Waals surface area (Å²) in [5, 5.41) is 20.7. The zero-order chi connectivity index (χ0) is 30.7. The predicted molar refractivity (Wildman–Crippen MR) is 165 cm³/mol. The third-order valence-electron chi connectivity index (χ3n) is 6.93. The van der Waals surface area contributed by atoms with Crippen LogP contribution in [0.1, 0.15) is 42.1 Å². The molecular formula is C26H33B3N8O6. The predicted octanol–water partition coefficient (Wildman–Crippen LogP) is -1.17. The Kier molecular flexibility index (Phi) is 8.71. The van der Waals surface area contributed by atoms with Crippen molar-refractivity contribution in [3.8, 4) is 17.1 Å². The summed E-state index contributed by atoms with van der Waals surface area (Å²) in [5.74, 6) is -0.381. The molecule has 1 saturated carbocycles. The van der Waals surface area contributed by atoms with Crippen molar-refractivity contribution in [1.82, 2.24) is 30.6 Å². The fourth-order valence-electron chi connectivity index (χ4n) is 4.55. The van der Waals surface area contributed by atoms with Crippen molar-refractivity contribution in [3.63, 3.8) is 0 Å². The number of nitrogens with one attached hydrogen (secondary N) is 3. The zero-order valence-corrected chi connectivity index (χ0v) is 24.9. The quantitative estimate of drug-likeness (QED) is 0.245. The fourth-order valence-corrected chi connectivity index (χ4v) is 4.55. The van der Waals surface area contributed by atoms with Crippen LogP contribution in [-0.4, -0.2) is 105 Å². The van der Waals surface area contributed by atoms with Crippen LogP contribution in [0.5, 0.6) is 5.75 Å². The largest absolute Gasteiger partial charge is 0.494 e. The maximum Gasteiger partial charge on any atom is 0.272 e. The van der Waals surface area contributed by atoms with E-state index in [0.29, 0.717) is 49.0 Å². The Balaban J connectivity index is 1.44. The van der Waals surface area contributed by atoms with Crippen LogP contribution in [0.2, 0.25) is 0 Å². The molecule has 0 radical (unpaired) electrons. The van der Waals surface area contributed by atoms with Gasteiger partial charge in [-0.3, -0.25) is 14.4 Å². The highest BCUT2D eigenvalue weighted by Crippen LogP contribution is 2.38. The van der Waals surface area contributed by atoms with Crippen LogP contribution in [0.25, 0.3) is 11.4 Å². The number of amides is 3. The van der Waals surface area contributed by atoms with Gasteiger partial charge in [-0.15, -0.1) is 10.2 Å². The van der Waals surface area contributed by atoms with Crippen molar-refractivity contribution >= 4 is 58.5 Å². The SMILES string of the molecule is BC(B)(B)NC(=O)c1nnc(NC(=O)C2CC2)cc1Nc1cccc(-c2noc(C(C)C(=O)N3CCOCC3)n2)c1OC. The molecule has 1 unspecified atom stereocenters. The van der Waals surface area contributed by atoms with Gasteiger partial charge in [0.2, 0.25) is 23.5 Å². The molecule has 2 fully saturated rings. The van der Waals surface area contributed by atoms with E-state index in [1.165, 1.54) is 7.11 Å². The van der Waals surface area contributed by atoms with Crippen LogP contribution in [0.3, 0.4) is 0 Å². The lowest BCUT2D eigenvalue weighted by Crippen LogP contribution is -2.50. The topological polar surface area (TPSA) is 174 Å². The molecule has 1 aliphatic heterocycles. The molecule has 0 spiro atoms. The molecule has 1 aromatic carbocycles. The standard InChI is InChI=1S/C26H33B3N8O6/c1-13(25(40)37-8-10-42-11-9-37)24-32-21(36-43-24)15-4-3-5-16(20(15)41-2)30-17-12-18(31-22(38)14-6-7-14)34-35-19(17)23(39)33-26(27,28)29/h3-5,12-14H,6-11,27-29H2,1-2H3,(H,33,39)(H2,30,31,34,38). The maximum atomic E-state index is 13.2. The number of carbonyl (C=O) groups is 3. The number of methoxy groups -OCH3 is 1. The molecule has 3 heterocycles. The van der Waals surface area contributed by atoms with Gasteiger partial charge in [0.15, 0.2) is 17.3 Å². The molecule has 17 heteroatoms. The second-order valence-electron chi connectivity index (χ2n) is 11.6. The minimum Gasteiger partial charge on any atom is -0.494 e. The molecular weight excluding hydrogens is 553 g/mol. The molecule has 1 aliphatic carbocycles. The van der Waals surface area contributed by atoms with Gasteiger partial charge in [-0.25, -0.2) is 0 Å². The molecule has 43 heavy (non-hydrogen) atoms. The number of aromatic nitrogens is 4. The van der Waals surface area contributed by atoms with E-state index in [-0.39, 0.29) is 41.0 Å². The molecule has 1 saturated heterocycles. The number of benzene rings is 1. The lowest BCUT2D eigenvalue weighted by Gasteiger charge is -2.28. The normalized spacial score (nSPS) is 15.8. The number of anilines is 3. The van der Waals surface area contributed by atoms with E-state index in [1.807, 2.05) is 23.5 Å². The van der Waals surface area contributed by atoms with Gasteiger partial charge in [0.25, 0.3) is 5.91 Å². The number of carbonyl (C=O) groups excluding carboxylic acids is 3. The lowest BCUT2D eigenvalue weighted by atomic mass is 9.49. The third-order valence-corrected chi connectivity index (χ3v) is 6.93. The number of para-hydroxylation sites is 1. The number of ether oxygens (including phenoxy) is 2. The van der Waals surface area contributed by atoms with Gasteiger partial charge >= 0.3 is 0 Å². The summed E-state index contributed by atoms with van der Waals surface area (Å²) in [4.78, 5) is 44.7. The van der Waals surface area contributed by atoms with Gasteiger partial charge in [0.05, 0.1) is 37.3 Å². The van der Waals surface area contributed by atoms with Gasteiger partial charge < -0.3 is 34.8 Å². The summed E-state index contributed by atoms with van der Waals surface area (Å²) >= 11 is 0. The Bertz CT molecular complexity index is 1520. The Hall–Kier alpha value is -4.40. The number of rotatable bonds is 10. The fraction of sp³-hybridized carbons (Fsp3) is 0.423. The smallest absolute Gasteiger partial charge is 0.272 e. The number of morpholine rings is 1. The average molecular weight is 586 g/mol. The van der Waals surface area contributed by atoms with Crippen molar-refractivity contribution in [3.05, 3.63) is 35.9 Å². The maximum absolute atomic E-state index is 13.2. The molecule has 3 amide bonds. The second-order valence-corrected chi connectivity index (χ2v) is 11.6. The average Bonchev–Trinajstić information content (AvgIpc) is 3.72. The van der Waals surface area contributed by atoms with Gasteiger partial charge in [-0.2, -0.15) is 4.98 Å². The molecule has 3 N–H and O–H groups in total. The van der Waals surface area contributed by atoms with Gasteiger partial charge in [-0.1, -0.05) is 11.2 Å². The van der Waals surface area contributed by atoms with E-state index in [2.05, 4.69) is 36.3 Å². The first kappa shape index (κ1) is 30.1. The molecule has 0 bridgehead atoms. The van der Waals surface area contributed by atoms with E-state index >= 15 is 0 Å². The molecule has 222 valence electrons. The monoisotopic (exact) mass is 586 g/mol. The molecule has 3 aromatic rings. The summed E-state index contributed by atoms with van der Waals surface area (Å²) < 4.78 is 16.6. The van der Waals surface area contributed by atoms with Crippen LogP contribution in [0, 0.1) is 5.92 Å². The first-order valence-electron chi connectivity index (χ1n) is 14.2. The first-order valence-corrected chi connectivity index (χ1v) is 14.2. The van der Waals surface area contributed by atoms with Crippen molar-refractivity contribution in [2.24, 2.45) is 5.92 Å². The molecule has 14 nitrogen and oxygen atoms in total. The lowest BCUT2D eigenvalue weighted by molar-refractivity contribution is -0.137. The Morgan fingerprint density at radius 3 is 2.53 bits per heavy atom. The minimum atomic E-state index is -0.636. The second kappa shape index (κ2) is 12.5. The van der Waals surface area contributed by atoms with E-state index in [4.69, 9.17) is 14.0 Å². The summed E-state index contributed by atoms with van der Waals surface area (Å²) in [6.07, 6.45) is 1.66. The summed E-state index contributed by atoms with van der Waals surface area (Å²) in [6.45, 7) is 3.73. The summed E-state index contributed by atoms with van der Waals surface area (Å²) in [7, 11) is 7.07. The third kappa shape index (κ3) is 7.16. The van der Waals surface area contributed by atoms with Crippen molar-refractivity contribution in [2.75, 3.05) is 44.0 Å². The molecule has 1 atom stereocenters. The number of hydrogen-bond donors (Lipinski definition) is 3. The molecule has 2 aliphatic rings. The van der Waals surface area contributed by atoms with Gasteiger partial charge in [0.1, 0.15) is 29.5 Å². The number of hydrogen-bond acceptors (Lipinski definition) is 11. The first-order chi connectivity index (χ1) is 20.5. The van der Waals surface area contributed by atoms with Gasteiger partial charge in [0, 0.05) is 25.1 Å². The highest BCUT2D eigenvalue weighted by atomic mass is 16.5. The van der Waals surface area contributed by atoms with Crippen molar-refractivity contribution < 1.29 is 28.4 Å². The van der Waals surface area contributed by atoms with Crippen LogP contribution in [0.4, 0.5) is 17.2 Å². The van der Waals surface area contributed by atoms with E-state index in [0.717, 1.165) is 12.8 Å². The molecule has 5 rings (SSSR count). The van der Waals surface area contributed by atoms with Crippen molar-refractivity contribution in [1.29, 1.82) is 0 Å². The Morgan fingerprint density at radius 1 is 1.12 bits per heavy atom. The van der Waals surface area contributed by atoms with Crippen LogP contribution >= 0.6 is 0 Å². The van der Waals surface area contributed by atoms with Crippen LogP contribution in [0.15, 0.2) is 28.8 Å². The highest BCUT2D eigenvalue weighted by Gasteiger charge is 2.31. The summed E-state index contributed by atoms with van der Waals surface area (Å²) in [5.41, 5.74) is 1.31. The Morgan fingerprint density at radius 2 is 1.86 bits per heavy atom. The van der Waals surface area contributed by atoms with E-state index in [9.17, 15) is 14.4 Å². The van der Waals surface area contributed by atoms with E-state index < -0.39 is 17.1 Å². The van der Waals surface area contributed by atoms with Crippen molar-refractivity contribution in [2.45, 2.75) is 30.9 Å². The minimum absolute atomic E-state index is 0.0316. The molecule has 2 aromatic heterocycles. The van der Waals surface area contributed by atoms with Gasteiger partial charge in [-0.05, 0) is 37.1 Å². The van der Waals surface area contributed by atoms with Crippen LogP contribution < -0.4 is 20.7 Å². The highest BCUT2D eigenvalue weighted by molar-refractivity contribution is 6.60. The van der Waals surface area contributed by atoms with Crippen LogP contribution in [-0.2, 0) is 14.3 Å². The zero-order valence-electron chi connectivity index (χ0n) is 24.9.